The summed E-state index contributed by atoms with van der Waals surface area (Å²) in [5.41, 5.74) is 2.82. The normalized spacial score (nSPS) is 13.8. The quantitative estimate of drug-likeness (QED) is 0.895. The van der Waals surface area contributed by atoms with Crippen LogP contribution in [-0.2, 0) is 6.54 Å². The van der Waals surface area contributed by atoms with Crippen molar-refractivity contribution in [1.82, 2.24) is 15.6 Å². The maximum Gasteiger partial charge on any atom is 0.322 e. The van der Waals surface area contributed by atoms with E-state index in [4.69, 9.17) is 11.6 Å². The molecule has 1 saturated heterocycles. The van der Waals surface area contributed by atoms with Gasteiger partial charge in [0.15, 0.2) is 0 Å². The van der Waals surface area contributed by atoms with Crippen molar-refractivity contribution < 1.29 is 9.59 Å². The lowest BCUT2D eigenvalue weighted by Crippen LogP contribution is -2.29. The van der Waals surface area contributed by atoms with Gasteiger partial charge in [-0.05, 0) is 36.8 Å². The van der Waals surface area contributed by atoms with Crippen LogP contribution < -0.4 is 15.5 Å². The molecule has 0 spiro atoms. The summed E-state index contributed by atoms with van der Waals surface area (Å²) >= 11 is 6.18. The van der Waals surface area contributed by atoms with E-state index < -0.39 is 0 Å². The topological polar surface area (TPSA) is 74.3 Å². The molecule has 6 nitrogen and oxygen atoms in total. The molecule has 1 aromatic carbocycles. The average molecular weight is 345 g/mol. The molecule has 1 aliphatic heterocycles. The Morgan fingerprint density at radius 3 is 2.96 bits per heavy atom. The van der Waals surface area contributed by atoms with Crippen molar-refractivity contribution in [2.24, 2.45) is 0 Å². The van der Waals surface area contributed by atoms with E-state index in [2.05, 4.69) is 15.6 Å². The van der Waals surface area contributed by atoms with Gasteiger partial charge >= 0.3 is 6.03 Å². The van der Waals surface area contributed by atoms with Gasteiger partial charge < -0.3 is 10.6 Å². The summed E-state index contributed by atoms with van der Waals surface area (Å²) in [6.45, 7) is 3.37. The molecule has 3 amide bonds. The third-order valence-electron chi connectivity index (χ3n) is 3.89. The number of pyridine rings is 1. The molecule has 2 aromatic rings. The number of hydrogen-bond acceptors (Lipinski definition) is 3. The highest BCUT2D eigenvalue weighted by Crippen LogP contribution is 2.28. The molecule has 124 valence electrons. The lowest BCUT2D eigenvalue weighted by Gasteiger charge is -2.17. The summed E-state index contributed by atoms with van der Waals surface area (Å²) in [5, 5.41) is 5.99. The van der Waals surface area contributed by atoms with E-state index in [1.165, 1.54) is 4.90 Å². The van der Waals surface area contributed by atoms with Crippen molar-refractivity contribution in [2.45, 2.75) is 13.5 Å². The molecular weight excluding hydrogens is 328 g/mol. The largest absolute Gasteiger partial charge is 0.346 e. The van der Waals surface area contributed by atoms with Crippen LogP contribution in [0.15, 0.2) is 36.5 Å². The number of rotatable bonds is 4. The number of nitrogens with zero attached hydrogens (tertiary/aromatic N) is 2. The Morgan fingerprint density at radius 1 is 1.42 bits per heavy atom. The number of hydrogen-bond donors (Lipinski definition) is 2. The monoisotopic (exact) mass is 344 g/mol. The number of urea groups is 1. The van der Waals surface area contributed by atoms with Crippen LogP contribution in [0.4, 0.5) is 10.5 Å². The predicted molar refractivity (Wildman–Crippen MR) is 92.3 cm³/mol. The van der Waals surface area contributed by atoms with E-state index in [9.17, 15) is 9.59 Å². The summed E-state index contributed by atoms with van der Waals surface area (Å²) in [7, 11) is 0. The van der Waals surface area contributed by atoms with Gasteiger partial charge in [0.2, 0.25) is 0 Å². The standard InChI is InChI=1S/C17H17ClN4O2/c1-11-3-2-6-19-14(11)10-21-16(23)12-4-5-13(18)15(9-12)22-8-7-20-17(22)24/h2-6,9H,7-8,10H2,1H3,(H,20,24)(H,21,23). The van der Waals surface area contributed by atoms with Crippen LogP contribution in [-0.4, -0.2) is 30.0 Å². The second-order valence-corrected chi connectivity index (χ2v) is 5.91. The third kappa shape index (κ3) is 3.33. The molecule has 3 rings (SSSR count). The van der Waals surface area contributed by atoms with Crippen molar-refractivity contribution in [3.05, 3.63) is 58.4 Å². The molecule has 0 unspecified atom stereocenters. The summed E-state index contributed by atoms with van der Waals surface area (Å²) in [5.74, 6) is -0.238. The van der Waals surface area contributed by atoms with Crippen molar-refractivity contribution in [2.75, 3.05) is 18.0 Å². The Morgan fingerprint density at radius 2 is 2.25 bits per heavy atom. The fraction of sp³-hybridized carbons (Fsp3) is 0.235. The van der Waals surface area contributed by atoms with Gasteiger partial charge in [0.05, 0.1) is 22.9 Å². The van der Waals surface area contributed by atoms with Crippen molar-refractivity contribution in [1.29, 1.82) is 0 Å². The number of carbonyl (C=O) groups is 2. The van der Waals surface area contributed by atoms with Crippen LogP contribution in [0.3, 0.4) is 0 Å². The van der Waals surface area contributed by atoms with Gasteiger partial charge in [0, 0.05) is 24.8 Å². The number of benzene rings is 1. The molecule has 0 bridgehead atoms. The number of aromatic nitrogens is 1. The zero-order valence-electron chi connectivity index (χ0n) is 13.2. The summed E-state index contributed by atoms with van der Waals surface area (Å²) in [6.07, 6.45) is 1.70. The van der Waals surface area contributed by atoms with Gasteiger partial charge in [0.1, 0.15) is 0 Å². The number of aryl methyl sites for hydroxylation is 1. The Labute approximate surface area is 144 Å². The lowest BCUT2D eigenvalue weighted by molar-refractivity contribution is 0.0950. The first-order valence-corrected chi connectivity index (χ1v) is 7.97. The molecule has 0 saturated carbocycles. The fourth-order valence-corrected chi connectivity index (χ4v) is 2.75. The zero-order chi connectivity index (χ0) is 17.1. The summed E-state index contributed by atoms with van der Waals surface area (Å²) < 4.78 is 0. The molecule has 7 heteroatoms. The second kappa shape index (κ2) is 6.88. The minimum absolute atomic E-state index is 0.210. The second-order valence-electron chi connectivity index (χ2n) is 5.50. The van der Waals surface area contributed by atoms with Crippen LogP contribution in [0.25, 0.3) is 0 Å². The molecule has 1 aliphatic rings. The van der Waals surface area contributed by atoms with E-state index in [1.807, 2.05) is 19.1 Å². The highest BCUT2D eigenvalue weighted by atomic mass is 35.5. The Balaban J connectivity index is 1.75. The molecule has 0 atom stereocenters. The summed E-state index contributed by atoms with van der Waals surface area (Å²) in [6, 6.07) is 8.49. The minimum Gasteiger partial charge on any atom is -0.346 e. The molecule has 0 aliphatic carbocycles. The van der Waals surface area contributed by atoms with Crippen LogP contribution in [0, 0.1) is 6.92 Å². The number of halogens is 1. The molecular formula is C17H17ClN4O2. The lowest BCUT2D eigenvalue weighted by atomic mass is 10.1. The first kappa shape index (κ1) is 16.3. The highest BCUT2D eigenvalue weighted by molar-refractivity contribution is 6.34. The number of carbonyl (C=O) groups excluding carboxylic acids is 2. The number of anilines is 1. The van der Waals surface area contributed by atoms with Crippen molar-refractivity contribution >= 4 is 29.2 Å². The molecule has 1 fully saturated rings. The van der Waals surface area contributed by atoms with Crippen LogP contribution in [0.5, 0.6) is 0 Å². The Hall–Kier alpha value is -2.60. The van der Waals surface area contributed by atoms with E-state index in [0.717, 1.165) is 11.3 Å². The maximum atomic E-state index is 12.4. The van der Waals surface area contributed by atoms with Crippen LogP contribution in [0.2, 0.25) is 5.02 Å². The van der Waals surface area contributed by atoms with E-state index in [-0.39, 0.29) is 11.9 Å². The molecule has 24 heavy (non-hydrogen) atoms. The van der Waals surface area contributed by atoms with Gasteiger partial charge in [-0.2, -0.15) is 0 Å². The van der Waals surface area contributed by atoms with Crippen LogP contribution in [0.1, 0.15) is 21.6 Å². The van der Waals surface area contributed by atoms with Gasteiger partial charge in [-0.25, -0.2) is 4.79 Å². The first-order chi connectivity index (χ1) is 11.6. The third-order valence-corrected chi connectivity index (χ3v) is 4.21. The van der Waals surface area contributed by atoms with Crippen molar-refractivity contribution in [3.63, 3.8) is 0 Å². The van der Waals surface area contributed by atoms with E-state index in [0.29, 0.717) is 35.9 Å². The number of amides is 3. The average Bonchev–Trinajstić information content (AvgIpc) is 3.00. The zero-order valence-corrected chi connectivity index (χ0v) is 13.9. The maximum absolute atomic E-state index is 12.4. The van der Waals surface area contributed by atoms with Gasteiger partial charge in [-0.1, -0.05) is 17.7 Å². The molecule has 1 aromatic heterocycles. The fourth-order valence-electron chi connectivity index (χ4n) is 2.53. The Kier molecular flexibility index (Phi) is 4.66. The van der Waals surface area contributed by atoms with Crippen LogP contribution >= 0.6 is 11.6 Å². The predicted octanol–water partition coefficient (Wildman–Crippen LogP) is 2.50. The SMILES string of the molecule is Cc1cccnc1CNC(=O)c1ccc(Cl)c(N2CCNC2=O)c1. The smallest absolute Gasteiger partial charge is 0.322 e. The molecule has 2 heterocycles. The minimum atomic E-state index is -0.238. The summed E-state index contributed by atoms with van der Waals surface area (Å²) in [4.78, 5) is 30.0. The van der Waals surface area contributed by atoms with Gasteiger partial charge in [-0.15, -0.1) is 0 Å². The van der Waals surface area contributed by atoms with E-state index >= 15 is 0 Å². The molecule has 2 N–H and O–H groups in total. The Bertz CT molecular complexity index is 794. The first-order valence-electron chi connectivity index (χ1n) is 7.60. The van der Waals surface area contributed by atoms with Crippen molar-refractivity contribution in [3.8, 4) is 0 Å². The van der Waals surface area contributed by atoms with E-state index in [1.54, 1.807) is 24.4 Å². The number of nitrogens with one attached hydrogen (secondary N) is 2. The van der Waals surface area contributed by atoms with Gasteiger partial charge in [0.25, 0.3) is 5.91 Å². The highest BCUT2D eigenvalue weighted by Gasteiger charge is 2.24. The van der Waals surface area contributed by atoms with Gasteiger partial charge in [-0.3, -0.25) is 14.7 Å². The molecule has 0 radical (unpaired) electrons.